The zero-order valence-corrected chi connectivity index (χ0v) is 8.03. The van der Waals surface area contributed by atoms with Gasteiger partial charge in [-0.25, -0.2) is 0 Å². The van der Waals surface area contributed by atoms with Crippen LogP contribution in [0.15, 0.2) is 0 Å². The van der Waals surface area contributed by atoms with Crippen molar-refractivity contribution in [3.63, 3.8) is 0 Å². The Bertz CT molecular complexity index is 137. The Hall–Kier alpha value is -0.120. The molecule has 1 rings (SSSR count). The first-order chi connectivity index (χ1) is 5.52. The van der Waals surface area contributed by atoms with E-state index in [9.17, 15) is 5.11 Å². The van der Waals surface area contributed by atoms with Crippen LogP contribution in [0.1, 0.15) is 27.2 Å². The van der Waals surface area contributed by atoms with Crippen molar-refractivity contribution in [2.45, 2.75) is 51.5 Å². The molecule has 1 heterocycles. The van der Waals surface area contributed by atoms with E-state index in [0.717, 1.165) is 0 Å². The van der Waals surface area contributed by atoms with Crippen molar-refractivity contribution in [2.75, 3.05) is 0 Å². The Balaban J connectivity index is 2.53. The van der Waals surface area contributed by atoms with Crippen LogP contribution in [0.2, 0.25) is 0 Å². The molecule has 1 aliphatic rings. The second kappa shape index (κ2) is 3.73. The van der Waals surface area contributed by atoms with Crippen LogP contribution in [0, 0.1) is 5.92 Å². The van der Waals surface area contributed by atoms with Crippen LogP contribution in [0.4, 0.5) is 0 Å². The summed E-state index contributed by atoms with van der Waals surface area (Å²) in [4.78, 5) is 0. The molecule has 0 amide bonds. The maximum atomic E-state index is 9.56. The zero-order chi connectivity index (χ0) is 9.30. The standard InChI is InChI=1S/C9H19NO2/c1-5(2)8-4-7(11)9(10)6(3)12-8/h5-9,11H,4,10H2,1-3H3/t6?,7-,8-,9+/m1/s1. The van der Waals surface area contributed by atoms with Crippen LogP contribution in [0.25, 0.3) is 0 Å². The van der Waals surface area contributed by atoms with Crippen LogP contribution >= 0.6 is 0 Å². The highest BCUT2D eigenvalue weighted by atomic mass is 16.5. The third-order valence-corrected chi connectivity index (χ3v) is 2.59. The van der Waals surface area contributed by atoms with Crippen molar-refractivity contribution >= 4 is 0 Å². The molecule has 0 aromatic heterocycles. The molecule has 72 valence electrons. The van der Waals surface area contributed by atoms with Crippen LogP contribution < -0.4 is 5.73 Å². The maximum absolute atomic E-state index is 9.56. The first-order valence-corrected chi connectivity index (χ1v) is 4.61. The van der Waals surface area contributed by atoms with Crippen molar-refractivity contribution < 1.29 is 9.84 Å². The van der Waals surface area contributed by atoms with Gasteiger partial charge in [-0.3, -0.25) is 0 Å². The Morgan fingerprint density at radius 2 is 2.08 bits per heavy atom. The Morgan fingerprint density at radius 1 is 1.50 bits per heavy atom. The Morgan fingerprint density at radius 3 is 2.50 bits per heavy atom. The van der Waals surface area contributed by atoms with Gasteiger partial charge in [0.05, 0.1) is 24.4 Å². The van der Waals surface area contributed by atoms with Crippen LogP contribution in [-0.4, -0.2) is 29.5 Å². The zero-order valence-electron chi connectivity index (χ0n) is 8.03. The normalized spacial score (nSPS) is 43.5. The van der Waals surface area contributed by atoms with Gasteiger partial charge in [0, 0.05) is 6.42 Å². The second-order valence-electron chi connectivity index (χ2n) is 4.00. The summed E-state index contributed by atoms with van der Waals surface area (Å²) in [5, 5.41) is 9.56. The van der Waals surface area contributed by atoms with Gasteiger partial charge in [-0.05, 0) is 12.8 Å². The monoisotopic (exact) mass is 173 g/mol. The van der Waals surface area contributed by atoms with Crippen molar-refractivity contribution in [3.8, 4) is 0 Å². The average Bonchev–Trinajstić information content (AvgIpc) is 1.99. The van der Waals surface area contributed by atoms with E-state index < -0.39 is 6.10 Å². The van der Waals surface area contributed by atoms with Gasteiger partial charge >= 0.3 is 0 Å². The summed E-state index contributed by atoms with van der Waals surface area (Å²) >= 11 is 0. The van der Waals surface area contributed by atoms with Crippen molar-refractivity contribution in [3.05, 3.63) is 0 Å². The summed E-state index contributed by atoms with van der Waals surface area (Å²) in [6.45, 7) is 6.12. The molecule has 1 saturated heterocycles. The van der Waals surface area contributed by atoms with Crippen LogP contribution in [0.3, 0.4) is 0 Å². The van der Waals surface area contributed by atoms with Crippen molar-refractivity contribution in [2.24, 2.45) is 11.7 Å². The molecule has 0 saturated carbocycles. The van der Waals surface area contributed by atoms with Crippen LogP contribution in [-0.2, 0) is 4.74 Å². The first-order valence-electron chi connectivity index (χ1n) is 4.61. The van der Waals surface area contributed by atoms with E-state index in [2.05, 4.69) is 13.8 Å². The molecule has 0 aliphatic carbocycles. The number of ether oxygens (including phenoxy) is 1. The fourth-order valence-corrected chi connectivity index (χ4v) is 1.56. The molecule has 0 radical (unpaired) electrons. The van der Waals surface area contributed by atoms with E-state index in [0.29, 0.717) is 12.3 Å². The number of hydrogen-bond acceptors (Lipinski definition) is 3. The fraction of sp³-hybridized carbons (Fsp3) is 1.00. The predicted octanol–water partition coefficient (Wildman–Crippen LogP) is 0.508. The highest BCUT2D eigenvalue weighted by Crippen LogP contribution is 2.23. The molecular formula is C9H19NO2. The average molecular weight is 173 g/mol. The van der Waals surface area contributed by atoms with Crippen molar-refractivity contribution in [1.29, 1.82) is 0 Å². The molecule has 12 heavy (non-hydrogen) atoms. The number of rotatable bonds is 1. The molecule has 0 aromatic rings. The molecule has 1 fully saturated rings. The summed E-state index contributed by atoms with van der Waals surface area (Å²) in [5.74, 6) is 0.453. The smallest absolute Gasteiger partial charge is 0.0741 e. The van der Waals surface area contributed by atoms with Crippen LogP contribution in [0.5, 0.6) is 0 Å². The minimum absolute atomic E-state index is 0.0267. The molecular weight excluding hydrogens is 154 g/mol. The Kier molecular flexibility index (Phi) is 3.09. The van der Waals surface area contributed by atoms with E-state index in [1.165, 1.54) is 0 Å². The van der Waals surface area contributed by atoms with E-state index >= 15 is 0 Å². The summed E-state index contributed by atoms with van der Waals surface area (Å²) < 4.78 is 5.65. The third kappa shape index (κ3) is 1.97. The molecule has 3 nitrogen and oxygen atoms in total. The van der Waals surface area contributed by atoms with E-state index in [-0.39, 0.29) is 18.2 Å². The largest absolute Gasteiger partial charge is 0.391 e. The highest BCUT2D eigenvalue weighted by Gasteiger charge is 2.33. The van der Waals surface area contributed by atoms with Gasteiger partial charge in [0.15, 0.2) is 0 Å². The minimum atomic E-state index is -0.402. The Labute approximate surface area is 73.9 Å². The second-order valence-corrected chi connectivity index (χ2v) is 4.00. The van der Waals surface area contributed by atoms with Crippen molar-refractivity contribution in [1.82, 2.24) is 0 Å². The van der Waals surface area contributed by atoms with Gasteiger partial charge in [0.1, 0.15) is 0 Å². The number of nitrogens with two attached hydrogens (primary N) is 1. The minimum Gasteiger partial charge on any atom is -0.391 e. The fourth-order valence-electron chi connectivity index (χ4n) is 1.56. The lowest BCUT2D eigenvalue weighted by Gasteiger charge is -2.38. The summed E-state index contributed by atoms with van der Waals surface area (Å²) in [5.41, 5.74) is 5.71. The van der Waals surface area contributed by atoms with Gasteiger partial charge < -0.3 is 15.6 Å². The van der Waals surface area contributed by atoms with Gasteiger partial charge in [-0.1, -0.05) is 13.8 Å². The van der Waals surface area contributed by atoms with E-state index in [1.54, 1.807) is 0 Å². The summed E-state index contributed by atoms with van der Waals surface area (Å²) in [6, 6.07) is -0.222. The SMILES string of the molecule is CC(C)[C@H]1C[C@@H](O)[C@@H](N)C(C)O1. The molecule has 0 spiro atoms. The molecule has 3 N–H and O–H groups in total. The van der Waals surface area contributed by atoms with Gasteiger partial charge in [-0.2, -0.15) is 0 Å². The molecule has 1 unspecified atom stereocenters. The van der Waals surface area contributed by atoms with E-state index in [1.807, 2.05) is 6.92 Å². The maximum Gasteiger partial charge on any atom is 0.0741 e. The number of aliphatic hydroxyl groups excluding tert-OH is 1. The molecule has 4 atom stereocenters. The number of hydrogen-bond donors (Lipinski definition) is 2. The quantitative estimate of drug-likeness (QED) is 0.607. The van der Waals surface area contributed by atoms with Gasteiger partial charge in [0.2, 0.25) is 0 Å². The summed E-state index contributed by atoms with van der Waals surface area (Å²) in [7, 11) is 0. The lowest BCUT2D eigenvalue weighted by molar-refractivity contribution is -0.116. The lowest BCUT2D eigenvalue weighted by Crippen LogP contribution is -2.52. The van der Waals surface area contributed by atoms with Gasteiger partial charge in [-0.15, -0.1) is 0 Å². The molecule has 3 heteroatoms. The first kappa shape index (κ1) is 9.96. The molecule has 0 aromatic carbocycles. The number of aliphatic hydroxyl groups is 1. The molecule has 0 bridgehead atoms. The highest BCUT2D eigenvalue weighted by molar-refractivity contribution is 4.86. The lowest BCUT2D eigenvalue weighted by atomic mass is 9.92. The van der Waals surface area contributed by atoms with E-state index in [4.69, 9.17) is 10.5 Å². The molecule has 1 aliphatic heterocycles. The third-order valence-electron chi connectivity index (χ3n) is 2.59. The topological polar surface area (TPSA) is 55.5 Å². The predicted molar refractivity (Wildman–Crippen MR) is 47.8 cm³/mol. The van der Waals surface area contributed by atoms with Gasteiger partial charge in [0.25, 0.3) is 0 Å². The summed E-state index contributed by atoms with van der Waals surface area (Å²) in [6.07, 6.45) is 0.403.